The number of rotatable bonds is 4. The largest absolute Gasteiger partial charge is 0.411 e. The van der Waals surface area contributed by atoms with Crippen LogP contribution >= 0.6 is 24.0 Å². The zero-order valence-electron chi connectivity index (χ0n) is 13.2. The number of aromatic nitrogens is 2. The number of nitrogens with zero attached hydrogens (tertiary/aromatic N) is 2. The van der Waals surface area contributed by atoms with Crippen molar-refractivity contribution >= 4 is 40.5 Å². The van der Waals surface area contributed by atoms with Crippen molar-refractivity contribution in [3.8, 4) is 11.5 Å². The summed E-state index contributed by atoms with van der Waals surface area (Å²) in [4.78, 5) is 0. The summed E-state index contributed by atoms with van der Waals surface area (Å²) in [6.07, 6.45) is 1.89. The van der Waals surface area contributed by atoms with Gasteiger partial charge >= 0.3 is 0 Å². The highest BCUT2D eigenvalue weighted by atomic mass is 32.2. The van der Waals surface area contributed by atoms with Gasteiger partial charge in [-0.15, -0.1) is 10.2 Å². The van der Waals surface area contributed by atoms with Gasteiger partial charge in [0.2, 0.25) is 5.89 Å². The first kappa shape index (κ1) is 16.5. The predicted octanol–water partition coefficient (Wildman–Crippen LogP) is 4.58. The zero-order chi connectivity index (χ0) is 16.9. The van der Waals surface area contributed by atoms with Gasteiger partial charge in [0.05, 0.1) is 0 Å². The quantitative estimate of drug-likeness (QED) is 0.524. The number of nitrogens with one attached hydrogen (secondary N) is 2. The Morgan fingerprint density at radius 3 is 2.50 bits per heavy atom. The average molecular weight is 356 g/mol. The van der Waals surface area contributed by atoms with E-state index in [1.165, 1.54) is 17.3 Å². The van der Waals surface area contributed by atoms with Gasteiger partial charge in [0.1, 0.15) is 0 Å². The molecule has 1 aromatic heterocycles. The molecule has 24 heavy (non-hydrogen) atoms. The molecular weight excluding hydrogens is 340 g/mol. The van der Waals surface area contributed by atoms with Crippen molar-refractivity contribution in [2.24, 2.45) is 0 Å². The van der Waals surface area contributed by atoms with Crippen molar-refractivity contribution in [1.29, 1.82) is 0 Å². The molecule has 122 valence electrons. The maximum atomic E-state index is 5.55. The molecule has 3 rings (SSSR count). The minimum Gasteiger partial charge on any atom is -0.411 e. The van der Waals surface area contributed by atoms with Crippen molar-refractivity contribution in [2.45, 2.75) is 12.1 Å². The second kappa shape index (κ2) is 7.46. The number of aryl methyl sites for hydroxylation is 1. The van der Waals surface area contributed by atoms with Crippen LogP contribution in [0.1, 0.15) is 5.56 Å². The van der Waals surface area contributed by atoms with E-state index < -0.39 is 0 Å². The molecule has 0 bridgehead atoms. The smallest absolute Gasteiger partial charge is 0.276 e. The highest BCUT2D eigenvalue weighted by molar-refractivity contribution is 7.98. The Bertz CT molecular complexity index is 846. The standard InChI is InChI=1S/C17H16N4OS2/c1-11-6-8-13(9-7-11)18-16(23)19-14-5-3-4-12(10-14)15-20-21-17(22-15)24-2/h3-10H,1-2H3,(H2,18,19,23). The van der Waals surface area contributed by atoms with Gasteiger partial charge in [-0.05, 0) is 55.7 Å². The number of hydrogen-bond donors (Lipinski definition) is 2. The summed E-state index contributed by atoms with van der Waals surface area (Å²) in [7, 11) is 0. The van der Waals surface area contributed by atoms with Crippen LogP contribution in [0.5, 0.6) is 0 Å². The van der Waals surface area contributed by atoms with E-state index in [0.29, 0.717) is 16.2 Å². The van der Waals surface area contributed by atoms with Crippen molar-refractivity contribution in [3.05, 3.63) is 54.1 Å². The number of hydrogen-bond acceptors (Lipinski definition) is 5. The lowest BCUT2D eigenvalue weighted by Crippen LogP contribution is -2.18. The molecule has 2 aromatic carbocycles. The zero-order valence-corrected chi connectivity index (χ0v) is 14.9. The third-order valence-corrected chi connectivity index (χ3v) is 3.98. The maximum absolute atomic E-state index is 5.55. The Morgan fingerprint density at radius 1 is 1.04 bits per heavy atom. The fourth-order valence-electron chi connectivity index (χ4n) is 2.07. The van der Waals surface area contributed by atoms with E-state index in [-0.39, 0.29) is 0 Å². The molecule has 0 radical (unpaired) electrons. The molecule has 0 saturated heterocycles. The molecule has 0 spiro atoms. The van der Waals surface area contributed by atoms with Crippen LogP contribution in [0.4, 0.5) is 11.4 Å². The summed E-state index contributed by atoms with van der Waals surface area (Å²) < 4.78 is 5.55. The monoisotopic (exact) mass is 356 g/mol. The summed E-state index contributed by atoms with van der Waals surface area (Å²) in [5.74, 6) is 0.486. The van der Waals surface area contributed by atoms with Crippen LogP contribution in [0.15, 0.2) is 58.2 Å². The van der Waals surface area contributed by atoms with E-state index >= 15 is 0 Å². The molecule has 0 amide bonds. The van der Waals surface area contributed by atoms with E-state index in [4.69, 9.17) is 16.6 Å². The summed E-state index contributed by atoms with van der Waals surface area (Å²) in [6, 6.07) is 15.7. The van der Waals surface area contributed by atoms with E-state index in [1.807, 2.05) is 61.7 Å². The normalized spacial score (nSPS) is 10.4. The van der Waals surface area contributed by atoms with Gasteiger partial charge in [0.15, 0.2) is 5.11 Å². The molecule has 3 aromatic rings. The van der Waals surface area contributed by atoms with Crippen LogP contribution in [-0.4, -0.2) is 21.6 Å². The van der Waals surface area contributed by atoms with Crippen LogP contribution in [0.25, 0.3) is 11.5 Å². The Hall–Kier alpha value is -2.38. The van der Waals surface area contributed by atoms with Gasteiger partial charge in [-0.25, -0.2) is 0 Å². The van der Waals surface area contributed by atoms with E-state index in [9.17, 15) is 0 Å². The van der Waals surface area contributed by atoms with Crippen molar-refractivity contribution in [1.82, 2.24) is 10.2 Å². The first-order valence-corrected chi connectivity index (χ1v) is 8.90. The molecule has 0 aliphatic rings. The minimum atomic E-state index is 0.486. The fourth-order valence-corrected chi connectivity index (χ4v) is 2.59. The molecule has 5 nitrogen and oxygen atoms in total. The first-order chi connectivity index (χ1) is 11.6. The number of benzene rings is 2. The van der Waals surface area contributed by atoms with Gasteiger partial charge in [0, 0.05) is 16.9 Å². The molecule has 0 saturated carbocycles. The summed E-state index contributed by atoms with van der Waals surface area (Å²) in [5.41, 5.74) is 3.83. The van der Waals surface area contributed by atoms with E-state index in [1.54, 1.807) is 0 Å². The average Bonchev–Trinajstić information content (AvgIpc) is 3.06. The molecule has 0 atom stereocenters. The Kier molecular flexibility index (Phi) is 5.12. The van der Waals surface area contributed by atoms with Crippen LogP contribution in [0, 0.1) is 6.92 Å². The molecule has 0 unspecified atom stereocenters. The molecule has 0 aliphatic carbocycles. The highest BCUT2D eigenvalue weighted by Crippen LogP contribution is 2.24. The molecule has 0 aliphatic heterocycles. The second-order valence-electron chi connectivity index (χ2n) is 5.10. The molecular formula is C17H16N4OS2. The summed E-state index contributed by atoms with van der Waals surface area (Å²) >= 11 is 6.77. The van der Waals surface area contributed by atoms with Gasteiger partial charge in [-0.1, -0.05) is 35.5 Å². The third-order valence-electron chi connectivity index (χ3n) is 3.26. The summed E-state index contributed by atoms with van der Waals surface area (Å²) in [6.45, 7) is 2.05. The molecule has 2 N–H and O–H groups in total. The van der Waals surface area contributed by atoms with E-state index in [0.717, 1.165) is 16.9 Å². The van der Waals surface area contributed by atoms with Gasteiger partial charge in [-0.3, -0.25) is 0 Å². The van der Waals surface area contributed by atoms with Crippen molar-refractivity contribution in [3.63, 3.8) is 0 Å². The third kappa shape index (κ3) is 4.12. The van der Waals surface area contributed by atoms with Crippen LogP contribution in [0.3, 0.4) is 0 Å². The lowest BCUT2D eigenvalue weighted by Gasteiger charge is -2.11. The van der Waals surface area contributed by atoms with Crippen molar-refractivity contribution in [2.75, 3.05) is 16.9 Å². The highest BCUT2D eigenvalue weighted by Gasteiger charge is 2.08. The van der Waals surface area contributed by atoms with Gasteiger partial charge < -0.3 is 15.1 Å². The maximum Gasteiger partial charge on any atom is 0.276 e. The second-order valence-corrected chi connectivity index (χ2v) is 6.27. The molecule has 1 heterocycles. The molecule has 7 heteroatoms. The van der Waals surface area contributed by atoms with Gasteiger partial charge in [-0.2, -0.15) is 0 Å². The van der Waals surface area contributed by atoms with E-state index in [2.05, 4.69) is 20.8 Å². The van der Waals surface area contributed by atoms with Crippen LogP contribution in [0.2, 0.25) is 0 Å². The topological polar surface area (TPSA) is 63.0 Å². The predicted molar refractivity (Wildman–Crippen MR) is 103 cm³/mol. The van der Waals surface area contributed by atoms with Crippen LogP contribution < -0.4 is 10.6 Å². The summed E-state index contributed by atoms with van der Waals surface area (Å²) in [5, 5.41) is 15.4. The molecule has 0 fully saturated rings. The number of anilines is 2. The minimum absolute atomic E-state index is 0.486. The number of thiocarbonyl (C=S) groups is 1. The Labute approximate surface area is 149 Å². The van der Waals surface area contributed by atoms with Crippen molar-refractivity contribution < 1.29 is 4.42 Å². The lowest BCUT2D eigenvalue weighted by atomic mass is 10.2. The van der Waals surface area contributed by atoms with Gasteiger partial charge in [0.25, 0.3) is 5.22 Å². The Balaban J connectivity index is 1.69. The number of thioether (sulfide) groups is 1. The SMILES string of the molecule is CSc1nnc(-c2cccc(NC(=S)Nc3ccc(C)cc3)c2)o1. The Morgan fingerprint density at radius 2 is 1.79 bits per heavy atom. The van der Waals surface area contributed by atoms with Crippen LogP contribution in [-0.2, 0) is 0 Å². The fraction of sp³-hybridized carbons (Fsp3) is 0.118. The lowest BCUT2D eigenvalue weighted by molar-refractivity contribution is 0.466. The first-order valence-electron chi connectivity index (χ1n) is 7.26.